The van der Waals surface area contributed by atoms with Gasteiger partial charge < -0.3 is 9.47 Å². The molecule has 0 bridgehead atoms. The lowest BCUT2D eigenvalue weighted by atomic mass is 9.98. The van der Waals surface area contributed by atoms with Crippen molar-refractivity contribution in [1.82, 2.24) is 0 Å². The zero-order valence-electron chi connectivity index (χ0n) is 10.1. The molecule has 0 aliphatic heterocycles. The van der Waals surface area contributed by atoms with E-state index in [2.05, 4.69) is 6.92 Å². The highest BCUT2D eigenvalue weighted by Crippen LogP contribution is 2.26. The lowest BCUT2D eigenvalue weighted by Crippen LogP contribution is -2.09. The Morgan fingerprint density at radius 1 is 0.933 bits per heavy atom. The standard InChI is InChI=1S/C13H25O2/c1-2-10-14-11-6-7-12-15-13-8-4-3-5-9-13/h2-12H2,1H3. The van der Waals surface area contributed by atoms with Gasteiger partial charge in [-0.05, 0) is 32.1 Å². The smallest absolute Gasteiger partial charge is 0.0970 e. The van der Waals surface area contributed by atoms with Crippen LogP contribution in [0.2, 0.25) is 0 Å². The molecule has 0 heterocycles. The van der Waals surface area contributed by atoms with Gasteiger partial charge in [0.05, 0.1) is 6.10 Å². The molecule has 0 aromatic heterocycles. The summed E-state index contributed by atoms with van der Waals surface area (Å²) in [5, 5.41) is 0. The summed E-state index contributed by atoms with van der Waals surface area (Å²) in [5.41, 5.74) is 0. The van der Waals surface area contributed by atoms with E-state index in [9.17, 15) is 0 Å². The maximum atomic E-state index is 5.75. The van der Waals surface area contributed by atoms with Gasteiger partial charge in [0.25, 0.3) is 0 Å². The molecule has 0 saturated heterocycles. The second-order valence-electron chi connectivity index (χ2n) is 4.27. The van der Waals surface area contributed by atoms with Gasteiger partial charge in [-0.2, -0.15) is 0 Å². The van der Waals surface area contributed by atoms with Crippen molar-refractivity contribution in [2.24, 2.45) is 0 Å². The van der Waals surface area contributed by atoms with Crippen LogP contribution in [0.1, 0.15) is 58.3 Å². The highest BCUT2D eigenvalue weighted by Gasteiger charge is 2.13. The van der Waals surface area contributed by atoms with Crippen LogP contribution < -0.4 is 0 Å². The maximum absolute atomic E-state index is 5.75. The van der Waals surface area contributed by atoms with Gasteiger partial charge in [0.1, 0.15) is 0 Å². The van der Waals surface area contributed by atoms with Crippen molar-refractivity contribution in [1.29, 1.82) is 0 Å². The molecule has 2 nitrogen and oxygen atoms in total. The molecule has 1 fully saturated rings. The first-order chi connectivity index (χ1) is 7.43. The average molecular weight is 213 g/mol. The molecule has 0 unspecified atom stereocenters. The van der Waals surface area contributed by atoms with Crippen molar-refractivity contribution in [2.45, 2.75) is 58.3 Å². The van der Waals surface area contributed by atoms with Crippen LogP contribution in [0.5, 0.6) is 0 Å². The van der Waals surface area contributed by atoms with Crippen LogP contribution in [0.3, 0.4) is 0 Å². The Labute approximate surface area is 94.3 Å². The summed E-state index contributed by atoms with van der Waals surface area (Å²) in [5.74, 6) is 0. The first-order valence-corrected chi connectivity index (χ1v) is 6.48. The maximum Gasteiger partial charge on any atom is 0.0970 e. The molecular formula is C13H25O2. The molecule has 1 aliphatic rings. The summed E-state index contributed by atoms with van der Waals surface area (Å²) < 4.78 is 11.2. The number of ether oxygens (including phenoxy) is 2. The van der Waals surface area contributed by atoms with Crippen LogP contribution in [-0.4, -0.2) is 19.8 Å². The third-order valence-corrected chi connectivity index (χ3v) is 2.75. The predicted molar refractivity (Wildman–Crippen MR) is 62.6 cm³/mol. The molecule has 1 rings (SSSR count). The van der Waals surface area contributed by atoms with Crippen molar-refractivity contribution >= 4 is 0 Å². The first-order valence-electron chi connectivity index (χ1n) is 6.48. The lowest BCUT2D eigenvalue weighted by Gasteiger charge is -2.20. The molecule has 2 heteroatoms. The van der Waals surface area contributed by atoms with Gasteiger partial charge in [-0.15, -0.1) is 0 Å². The van der Waals surface area contributed by atoms with E-state index < -0.39 is 0 Å². The second-order valence-corrected chi connectivity index (χ2v) is 4.27. The summed E-state index contributed by atoms with van der Waals surface area (Å²) in [6.45, 7) is 4.83. The Balaban J connectivity index is 1.79. The van der Waals surface area contributed by atoms with Gasteiger partial charge >= 0.3 is 0 Å². The first kappa shape index (κ1) is 13.0. The van der Waals surface area contributed by atoms with Gasteiger partial charge in [0.2, 0.25) is 0 Å². The van der Waals surface area contributed by atoms with Crippen molar-refractivity contribution in [3.63, 3.8) is 0 Å². The van der Waals surface area contributed by atoms with Crippen LogP contribution in [0.25, 0.3) is 0 Å². The molecule has 1 aliphatic carbocycles. The van der Waals surface area contributed by atoms with E-state index in [-0.39, 0.29) is 0 Å². The SMILES string of the molecule is CCCOCCCCO[C]1CCCCC1. The third-order valence-electron chi connectivity index (χ3n) is 2.75. The fraction of sp³-hybridized carbons (Fsp3) is 0.923. The van der Waals surface area contributed by atoms with Gasteiger partial charge in [0, 0.05) is 19.8 Å². The molecule has 0 atom stereocenters. The average Bonchev–Trinajstić information content (AvgIpc) is 2.29. The Hall–Kier alpha value is -0.0800. The summed E-state index contributed by atoms with van der Waals surface area (Å²) >= 11 is 0. The molecule has 1 saturated carbocycles. The quantitative estimate of drug-likeness (QED) is 0.572. The number of hydrogen-bond acceptors (Lipinski definition) is 2. The Kier molecular flexibility index (Phi) is 7.94. The van der Waals surface area contributed by atoms with E-state index in [1.165, 1.54) is 38.2 Å². The van der Waals surface area contributed by atoms with E-state index in [0.29, 0.717) is 0 Å². The summed E-state index contributed by atoms with van der Waals surface area (Å²) in [7, 11) is 0. The summed E-state index contributed by atoms with van der Waals surface area (Å²) in [6.07, 6.45) is 11.2. The minimum atomic E-state index is 0.894. The number of hydrogen-bond donors (Lipinski definition) is 0. The molecule has 89 valence electrons. The normalized spacial score (nSPS) is 18.2. The lowest BCUT2D eigenvalue weighted by molar-refractivity contribution is 0.0928. The van der Waals surface area contributed by atoms with E-state index in [0.717, 1.165) is 39.1 Å². The third kappa shape index (κ3) is 6.91. The molecule has 15 heavy (non-hydrogen) atoms. The summed E-state index contributed by atoms with van der Waals surface area (Å²) in [6, 6.07) is 0. The van der Waals surface area contributed by atoms with Crippen molar-refractivity contribution in [2.75, 3.05) is 19.8 Å². The Morgan fingerprint density at radius 2 is 1.67 bits per heavy atom. The van der Waals surface area contributed by atoms with Crippen molar-refractivity contribution < 1.29 is 9.47 Å². The molecule has 0 aromatic rings. The molecule has 0 amide bonds. The van der Waals surface area contributed by atoms with Gasteiger partial charge in [-0.1, -0.05) is 26.2 Å². The van der Waals surface area contributed by atoms with Crippen LogP contribution in [0.4, 0.5) is 0 Å². The van der Waals surface area contributed by atoms with Crippen LogP contribution >= 0.6 is 0 Å². The Bertz CT molecular complexity index is 130. The monoisotopic (exact) mass is 213 g/mol. The zero-order valence-corrected chi connectivity index (χ0v) is 10.1. The van der Waals surface area contributed by atoms with Gasteiger partial charge in [-0.25, -0.2) is 0 Å². The van der Waals surface area contributed by atoms with Crippen molar-refractivity contribution in [3.8, 4) is 0 Å². The van der Waals surface area contributed by atoms with Crippen LogP contribution in [0, 0.1) is 6.10 Å². The fourth-order valence-electron chi connectivity index (χ4n) is 1.86. The molecular weight excluding hydrogens is 188 g/mol. The number of rotatable bonds is 8. The second kappa shape index (κ2) is 9.17. The summed E-state index contributed by atoms with van der Waals surface area (Å²) in [4.78, 5) is 0. The van der Waals surface area contributed by atoms with E-state index in [1.54, 1.807) is 0 Å². The van der Waals surface area contributed by atoms with Gasteiger partial charge in [0.15, 0.2) is 0 Å². The fourth-order valence-corrected chi connectivity index (χ4v) is 1.86. The molecule has 1 radical (unpaired) electrons. The van der Waals surface area contributed by atoms with Gasteiger partial charge in [-0.3, -0.25) is 0 Å². The minimum Gasteiger partial charge on any atom is -0.381 e. The van der Waals surface area contributed by atoms with Crippen LogP contribution in [0.15, 0.2) is 0 Å². The van der Waals surface area contributed by atoms with E-state index in [1.807, 2.05) is 0 Å². The topological polar surface area (TPSA) is 18.5 Å². The number of unbranched alkanes of at least 4 members (excludes halogenated alkanes) is 1. The Morgan fingerprint density at radius 3 is 2.40 bits per heavy atom. The van der Waals surface area contributed by atoms with Crippen LogP contribution in [-0.2, 0) is 9.47 Å². The largest absolute Gasteiger partial charge is 0.381 e. The molecule has 0 spiro atoms. The van der Waals surface area contributed by atoms with E-state index >= 15 is 0 Å². The minimum absolute atomic E-state index is 0.894. The zero-order chi connectivity index (χ0) is 10.8. The highest BCUT2D eigenvalue weighted by atomic mass is 16.5. The molecule has 0 N–H and O–H groups in total. The van der Waals surface area contributed by atoms with Crippen molar-refractivity contribution in [3.05, 3.63) is 6.10 Å². The predicted octanol–water partition coefficient (Wildman–Crippen LogP) is 3.71. The molecule has 0 aromatic carbocycles. The highest BCUT2D eigenvalue weighted by molar-refractivity contribution is 4.82. The van der Waals surface area contributed by atoms with E-state index in [4.69, 9.17) is 9.47 Å².